The number of nitrogens with zero attached hydrogens (tertiary/aromatic N) is 2. The summed E-state index contributed by atoms with van der Waals surface area (Å²) in [6.07, 6.45) is 2.95. The van der Waals surface area contributed by atoms with Crippen LogP contribution in [-0.2, 0) is 28.9 Å². The summed E-state index contributed by atoms with van der Waals surface area (Å²) in [5.41, 5.74) is 6.14. The molecule has 2 aromatic carbocycles. The summed E-state index contributed by atoms with van der Waals surface area (Å²) in [4.78, 5) is 19.1. The molecular formula is C26H28FN3O2. The predicted molar refractivity (Wildman–Crippen MR) is 124 cm³/mol. The molecule has 0 spiro atoms. The van der Waals surface area contributed by atoms with Crippen LogP contribution >= 0.6 is 0 Å². The van der Waals surface area contributed by atoms with Gasteiger partial charge in [0, 0.05) is 42.8 Å². The molecule has 1 amide bonds. The summed E-state index contributed by atoms with van der Waals surface area (Å²) in [5, 5.41) is 2.82. The number of morpholine rings is 1. The average molecular weight is 434 g/mol. The van der Waals surface area contributed by atoms with E-state index < -0.39 is 0 Å². The topological polar surface area (TPSA) is 54.5 Å². The number of carbonyl (C=O) groups is 1. The smallest absolute Gasteiger partial charge is 0.226 e. The number of anilines is 1. The minimum Gasteiger partial charge on any atom is -0.378 e. The van der Waals surface area contributed by atoms with Crippen molar-refractivity contribution in [1.29, 1.82) is 0 Å². The maximum Gasteiger partial charge on any atom is 0.226 e. The molecule has 1 aromatic heterocycles. The molecule has 1 aliphatic rings. The second kappa shape index (κ2) is 10.4. The molecule has 0 aliphatic carbocycles. The number of aromatic nitrogens is 1. The van der Waals surface area contributed by atoms with Crippen molar-refractivity contribution < 1.29 is 13.9 Å². The van der Waals surface area contributed by atoms with Gasteiger partial charge in [-0.05, 0) is 53.4 Å². The molecule has 0 saturated carbocycles. The molecule has 0 atom stereocenters. The molecule has 4 rings (SSSR count). The molecule has 1 fully saturated rings. The Morgan fingerprint density at radius 1 is 1.12 bits per heavy atom. The van der Waals surface area contributed by atoms with Crippen LogP contribution in [0.15, 0.2) is 60.8 Å². The number of amides is 1. The molecule has 166 valence electrons. The normalized spacial score (nSPS) is 13.8. The van der Waals surface area contributed by atoms with Crippen molar-refractivity contribution in [2.24, 2.45) is 0 Å². The third-order valence-corrected chi connectivity index (χ3v) is 5.70. The van der Waals surface area contributed by atoms with Gasteiger partial charge in [0.05, 0.1) is 19.6 Å². The number of ether oxygens (including phenoxy) is 1. The van der Waals surface area contributed by atoms with Gasteiger partial charge in [-0.3, -0.25) is 9.78 Å². The Kier molecular flexibility index (Phi) is 7.12. The number of rotatable bonds is 7. The SMILES string of the molecule is CCc1cc(N2CCOCC2)ccc1-c1ccc(CC(=O)NCc2cccc(F)c2)nc1. The van der Waals surface area contributed by atoms with Crippen molar-refractivity contribution in [3.63, 3.8) is 0 Å². The Labute approximate surface area is 188 Å². The van der Waals surface area contributed by atoms with Gasteiger partial charge < -0.3 is 15.0 Å². The first-order valence-corrected chi connectivity index (χ1v) is 11.0. The molecule has 0 bridgehead atoms. The number of hydrogen-bond donors (Lipinski definition) is 1. The van der Waals surface area contributed by atoms with E-state index in [1.165, 1.54) is 28.9 Å². The lowest BCUT2D eigenvalue weighted by Gasteiger charge is -2.29. The number of pyridine rings is 1. The highest BCUT2D eigenvalue weighted by Crippen LogP contribution is 2.28. The fourth-order valence-electron chi connectivity index (χ4n) is 3.94. The Balaban J connectivity index is 1.40. The average Bonchev–Trinajstić information content (AvgIpc) is 2.83. The van der Waals surface area contributed by atoms with E-state index in [-0.39, 0.29) is 18.1 Å². The van der Waals surface area contributed by atoms with Crippen LogP contribution in [-0.4, -0.2) is 37.2 Å². The highest BCUT2D eigenvalue weighted by molar-refractivity contribution is 5.78. The predicted octanol–water partition coefficient (Wildman–Crippen LogP) is 4.15. The molecule has 5 nitrogen and oxygen atoms in total. The van der Waals surface area contributed by atoms with E-state index in [4.69, 9.17) is 4.74 Å². The van der Waals surface area contributed by atoms with Gasteiger partial charge in [-0.2, -0.15) is 0 Å². The van der Waals surface area contributed by atoms with Crippen LogP contribution in [0.5, 0.6) is 0 Å². The molecule has 0 unspecified atom stereocenters. The number of nitrogens with one attached hydrogen (secondary N) is 1. The zero-order valence-electron chi connectivity index (χ0n) is 18.3. The third kappa shape index (κ3) is 5.51. The zero-order valence-corrected chi connectivity index (χ0v) is 18.3. The summed E-state index contributed by atoms with van der Waals surface area (Å²) in [6.45, 7) is 5.82. The van der Waals surface area contributed by atoms with E-state index in [0.717, 1.165) is 43.9 Å². The van der Waals surface area contributed by atoms with E-state index in [1.807, 2.05) is 18.3 Å². The first kappa shape index (κ1) is 22.0. The minimum atomic E-state index is -0.307. The van der Waals surface area contributed by atoms with Gasteiger partial charge in [0.15, 0.2) is 0 Å². The Bertz CT molecular complexity index is 1060. The molecule has 1 N–H and O–H groups in total. The first-order valence-electron chi connectivity index (χ1n) is 11.0. The number of aryl methyl sites for hydroxylation is 1. The maximum absolute atomic E-state index is 13.3. The van der Waals surface area contributed by atoms with Crippen LogP contribution in [0.25, 0.3) is 11.1 Å². The molecule has 32 heavy (non-hydrogen) atoms. The van der Waals surface area contributed by atoms with Crippen LogP contribution in [0.1, 0.15) is 23.7 Å². The van der Waals surface area contributed by atoms with Crippen molar-refractivity contribution in [1.82, 2.24) is 10.3 Å². The minimum absolute atomic E-state index is 0.140. The monoisotopic (exact) mass is 433 g/mol. The lowest BCUT2D eigenvalue weighted by atomic mass is 9.98. The van der Waals surface area contributed by atoms with Crippen LogP contribution in [0.2, 0.25) is 0 Å². The van der Waals surface area contributed by atoms with Crippen LogP contribution < -0.4 is 10.2 Å². The van der Waals surface area contributed by atoms with Crippen molar-refractivity contribution in [2.45, 2.75) is 26.3 Å². The third-order valence-electron chi connectivity index (χ3n) is 5.70. The molecule has 2 heterocycles. The summed E-state index contributed by atoms with van der Waals surface area (Å²) in [5.74, 6) is -0.447. The van der Waals surface area contributed by atoms with Gasteiger partial charge in [-0.1, -0.05) is 31.2 Å². The van der Waals surface area contributed by atoms with Crippen LogP contribution in [0.3, 0.4) is 0 Å². The van der Waals surface area contributed by atoms with E-state index in [1.54, 1.807) is 12.1 Å². The maximum atomic E-state index is 13.3. The van der Waals surface area contributed by atoms with Crippen LogP contribution in [0.4, 0.5) is 10.1 Å². The molecule has 6 heteroatoms. The number of carbonyl (C=O) groups excluding carboxylic acids is 1. The Hall–Kier alpha value is -3.25. The highest BCUT2D eigenvalue weighted by Gasteiger charge is 2.14. The summed E-state index contributed by atoms with van der Waals surface area (Å²) in [7, 11) is 0. The fraction of sp³-hybridized carbons (Fsp3) is 0.308. The van der Waals surface area contributed by atoms with E-state index in [2.05, 4.69) is 40.3 Å². The van der Waals surface area contributed by atoms with Gasteiger partial charge >= 0.3 is 0 Å². The summed E-state index contributed by atoms with van der Waals surface area (Å²) in [6, 6.07) is 16.7. The van der Waals surface area contributed by atoms with E-state index in [9.17, 15) is 9.18 Å². The molecule has 0 radical (unpaired) electrons. The Morgan fingerprint density at radius 3 is 2.69 bits per heavy atom. The standard InChI is InChI=1S/C26H28FN3O2/c1-2-20-15-24(30-10-12-32-13-11-30)8-9-25(20)21-6-7-23(28-18-21)16-26(31)29-17-19-4-3-5-22(27)14-19/h3-9,14-15,18H,2,10-13,16-17H2,1H3,(H,29,31). The second-order valence-corrected chi connectivity index (χ2v) is 7.92. The molecular weight excluding hydrogens is 405 g/mol. The first-order chi connectivity index (χ1) is 15.6. The second-order valence-electron chi connectivity index (χ2n) is 7.92. The summed E-state index contributed by atoms with van der Waals surface area (Å²) < 4.78 is 18.7. The van der Waals surface area contributed by atoms with Gasteiger partial charge in [-0.25, -0.2) is 4.39 Å². The fourth-order valence-corrected chi connectivity index (χ4v) is 3.94. The molecule has 1 aliphatic heterocycles. The van der Waals surface area contributed by atoms with Gasteiger partial charge in [0.1, 0.15) is 5.82 Å². The van der Waals surface area contributed by atoms with Gasteiger partial charge in [-0.15, -0.1) is 0 Å². The van der Waals surface area contributed by atoms with Gasteiger partial charge in [0.25, 0.3) is 0 Å². The Morgan fingerprint density at radius 2 is 1.97 bits per heavy atom. The molecule has 1 saturated heterocycles. The van der Waals surface area contributed by atoms with Crippen molar-refractivity contribution >= 4 is 11.6 Å². The number of halogens is 1. The van der Waals surface area contributed by atoms with E-state index >= 15 is 0 Å². The number of hydrogen-bond acceptors (Lipinski definition) is 4. The lowest BCUT2D eigenvalue weighted by Crippen LogP contribution is -2.36. The van der Waals surface area contributed by atoms with Crippen molar-refractivity contribution in [2.75, 3.05) is 31.2 Å². The quantitative estimate of drug-likeness (QED) is 0.608. The highest BCUT2D eigenvalue weighted by atomic mass is 19.1. The van der Waals surface area contributed by atoms with E-state index in [0.29, 0.717) is 12.2 Å². The van der Waals surface area contributed by atoms with Gasteiger partial charge in [0.2, 0.25) is 5.91 Å². The largest absolute Gasteiger partial charge is 0.378 e. The summed E-state index contributed by atoms with van der Waals surface area (Å²) >= 11 is 0. The van der Waals surface area contributed by atoms with Crippen molar-refractivity contribution in [3.8, 4) is 11.1 Å². The number of benzene rings is 2. The zero-order chi connectivity index (χ0) is 22.3. The molecule has 3 aromatic rings. The lowest BCUT2D eigenvalue weighted by molar-refractivity contribution is -0.120. The van der Waals surface area contributed by atoms with Crippen LogP contribution in [0, 0.1) is 5.82 Å². The van der Waals surface area contributed by atoms with Crippen molar-refractivity contribution in [3.05, 3.63) is 83.4 Å².